The van der Waals surface area contributed by atoms with Crippen LogP contribution in [-0.2, 0) is 20.9 Å². The summed E-state index contributed by atoms with van der Waals surface area (Å²) in [7, 11) is 1.45. The molecule has 0 saturated carbocycles. The Morgan fingerprint density at radius 3 is 2.26 bits per heavy atom. The average molecular weight is 523 g/mol. The number of hydrogen-bond acceptors (Lipinski definition) is 6. The first-order valence-electron chi connectivity index (χ1n) is 13.1. The molecule has 2 aliphatic rings. The fourth-order valence-corrected chi connectivity index (χ4v) is 5.76. The molecule has 1 aliphatic carbocycles. The predicted octanol–water partition coefficient (Wildman–Crippen LogP) is 6.08. The van der Waals surface area contributed by atoms with Crippen LogP contribution in [0.4, 0.5) is 0 Å². The highest BCUT2D eigenvalue weighted by molar-refractivity contribution is 5.80. The summed E-state index contributed by atoms with van der Waals surface area (Å²) in [5.74, 6) is 0.939. The van der Waals surface area contributed by atoms with Gasteiger partial charge in [-0.05, 0) is 40.5 Å². The molecule has 1 aliphatic heterocycles. The van der Waals surface area contributed by atoms with E-state index in [4.69, 9.17) is 23.7 Å². The second-order valence-electron chi connectivity index (χ2n) is 9.67. The Morgan fingerprint density at radius 1 is 0.769 bits per heavy atom. The van der Waals surface area contributed by atoms with Crippen LogP contribution in [0.3, 0.4) is 0 Å². The van der Waals surface area contributed by atoms with Gasteiger partial charge in [0.25, 0.3) is 0 Å². The number of hydrogen-bond donors (Lipinski definition) is 0. The topological polar surface area (TPSA) is 63.2 Å². The van der Waals surface area contributed by atoms with Crippen molar-refractivity contribution in [1.82, 2.24) is 0 Å². The van der Waals surface area contributed by atoms with E-state index in [1.54, 1.807) is 0 Å². The third kappa shape index (κ3) is 4.95. The lowest BCUT2D eigenvalue weighted by atomic mass is 9.79. The summed E-state index contributed by atoms with van der Waals surface area (Å²) in [6, 6.07) is 32.1. The number of ether oxygens (including phenoxy) is 5. The van der Waals surface area contributed by atoms with E-state index in [2.05, 4.69) is 12.1 Å². The fourth-order valence-electron chi connectivity index (χ4n) is 5.76. The van der Waals surface area contributed by atoms with Crippen molar-refractivity contribution in [2.75, 3.05) is 27.1 Å². The SMILES string of the molecule is COC(=O)[C@H]1[C@H](c2ccccc2OCCOCc2ccccc2)c2ccccc2[C@@H]1c1ccc2c(c1)OCO2. The van der Waals surface area contributed by atoms with Gasteiger partial charge in [0.15, 0.2) is 11.5 Å². The van der Waals surface area contributed by atoms with Crippen molar-refractivity contribution in [3.63, 3.8) is 0 Å². The number of fused-ring (bicyclic) bond motifs is 2. The minimum absolute atomic E-state index is 0.197. The summed E-state index contributed by atoms with van der Waals surface area (Å²) in [6.45, 7) is 1.57. The normalized spacial score (nSPS) is 18.9. The Kier molecular flexibility index (Phi) is 7.19. The summed E-state index contributed by atoms with van der Waals surface area (Å²) in [6.07, 6.45) is 0. The van der Waals surface area contributed by atoms with Crippen LogP contribution in [0.1, 0.15) is 39.7 Å². The first-order valence-corrected chi connectivity index (χ1v) is 13.1. The second kappa shape index (κ2) is 11.2. The van der Waals surface area contributed by atoms with E-state index < -0.39 is 5.92 Å². The van der Waals surface area contributed by atoms with Gasteiger partial charge in [-0.2, -0.15) is 0 Å². The molecule has 0 aromatic heterocycles. The fraction of sp³-hybridized carbons (Fsp3) is 0.242. The van der Waals surface area contributed by atoms with Gasteiger partial charge in [0.05, 0.1) is 26.2 Å². The highest BCUT2D eigenvalue weighted by Crippen LogP contribution is 2.55. The molecule has 6 heteroatoms. The van der Waals surface area contributed by atoms with Crippen LogP contribution in [0.5, 0.6) is 17.2 Å². The lowest BCUT2D eigenvalue weighted by molar-refractivity contribution is -0.146. The molecule has 0 saturated heterocycles. The number of esters is 1. The molecule has 0 amide bonds. The van der Waals surface area contributed by atoms with Crippen molar-refractivity contribution in [2.24, 2.45) is 5.92 Å². The van der Waals surface area contributed by atoms with E-state index in [9.17, 15) is 4.79 Å². The van der Waals surface area contributed by atoms with Gasteiger partial charge < -0.3 is 23.7 Å². The molecule has 6 nitrogen and oxygen atoms in total. The van der Waals surface area contributed by atoms with Gasteiger partial charge in [-0.3, -0.25) is 4.79 Å². The number of carbonyl (C=O) groups is 1. The Morgan fingerprint density at radius 2 is 1.46 bits per heavy atom. The summed E-state index contributed by atoms with van der Waals surface area (Å²) < 4.78 is 28.7. The van der Waals surface area contributed by atoms with Crippen molar-refractivity contribution in [3.05, 3.63) is 125 Å². The maximum absolute atomic E-state index is 13.5. The predicted molar refractivity (Wildman–Crippen MR) is 146 cm³/mol. The highest BCUT2D eigenvalue weighted by atomic mass is 16.7. The minimum atomic E-state index is -0.480. The van der Waals surface area contributed by atoms with Crippen LogP contribution in [0.25, 0.3) is 0 Å². The van der Waals surface area contributed by atoms with E-state index in [1.165, 1.54) is 7.11 Å². The molecule has 6 rings (SSSR count). The Hall–Kier alpha value is -4.29. The second-order valence-corrected chi connectivity index (χ2v) is 9.67. The van der Waals surface area contributed by atoms with Gasteiger partial charge >= 0.3 is 5.97 Å². The van der Waals surface area contributed by atoms with Crippen molar-refractivity contribution in [1.29, 1.82) is 0 Å². The Labute approximate surface area is 228 Å². The van der Waals surface area contributed by atoms with Crippen LogP contribution in [0.2, 0.25) is 0 Å². The quantitative estimate of drug-likeness (QED) is 0.196. The minimum Gasteiger partial charge on any atom is -0.491 e. The van der Waals surface area contributed by atoms with Crippen LogP contribution in [0.15, 0.2) is 97.1 Å². The van der Waals surface area contributed by atoms with Crippen molar-refractivity contribution < 1.29 is 28.5 Å². The van der Waals surface area contributed by atoms with E-state index in [0.29, 0.717) is 31.3 Å². The summed E-state index contributed by atoms with van der Waals surface area (Å²) in [5.41, 5.74) is 5.24. The highest BCUT2D eigenvalue weighted by Gasteiger charge is 2.48. The third-order valence-electron chi connectivity index (χ3n) is 7.46. The molecule has 0 N–H and O–H groups in total. The number of benzene rings is 4. The van der Waals surface area contributed by atoms with Crippen LogP contribution >= 0.6 is 0 Å². The zero-order valence-corrected chi connectivity index (χ0v) is 21.7. The van der Waals surface area contributed by atoms with E-state index in [-0.39, 0.29) is 24.6 Å². The van der Waals surface area contributed by atoms with E-state index in [1.807, 2.05) is 84.9 Å². The zero-order valence-electron chi connectivity index (χ0n) is 21.7. The molecule has 4 aromatic carbocycles. The van der Waals surface area contributed by atoms with Crippen LogP contribution < -0.4 is 14.2 Å². The largest absolute Gasteiger partial charge is 0.491 e. The molecule has 0 fully saturated rings. The summed E-state index contributed by atoms with van der Waals surface area (Å²) in [4.78, 5) is 13.5. The molecule has 0 unspecified atom stereocenters. The summed E-state index contributed by atoms with van der Waals surface area (Å²) >= 11 is 0. The van der Waals surface area contributed by atoms with Gasteiger partial charge in [0.2, 0.25) is 6.79 Å². The lowest BCUT2D eigenvalue weighted by Gasteiger charge is -2.25. The van der Waals surface area contributed by atoms with Gasteiger partial charge in [-0.1, -0.05) is 78.9 Å². The molecule has 198 valence electrons. The van der Waals surface area contributed by atoms with E-state index >= 15 is 0 Å². The zero-order chi connectivity index (χ0) is 26.6. The Balaban J connectivity index is 1.30. The van der Waals surface area contributed by atoms with Gasteiger partial charge in [-0.25, -0.2) is 0 Å². The maximum atomic E-state index is 13.5. The smallest absolute Gasteiger partial charge is 0.310 e. The summed E-state index contributed by atoms with van der Waals surface area (Å²) in [5, 5.41) is 0. The molecule has 0 radical (unpaired) electrons. The standard InChI is InChI=1S/C33H30O6/c1-35-33(34)32-30(23-15-16-28-29(19-23)39-21-38-28)24-11-5-6-12-25(24)31(32)26-13-7-8-14-27(26)37-18-17-36-20-22-9-3-2-4-10-22/h2-16,19,30-32H,17-18,20-21H2,1H3/t30-,31-,32+/m0/s1. The number of methoxy groups -OCH3 is 1. The molecule has 39 heavy (non-hydrogen) atoms. The molecule has 0 spiro atoms. The first-order chi connectivity index (χ1) is 19.2. The molecule has 0 bridgehead atoms. The first kappa shape index (κ1) is 25.0. The average Bonchev–Trinajstić information content (AvgIpc) is 3.59. The van der Waals surface area contributed by atoms with Crippen LogP contribution in [-0.4, -0.2) is 33.1 Å². The Bertz CT molecular complexity index is 1450. The molecule has 4 aromatic rings. The molecule has 1 heterocycles. The number of rotatable bonds is 9. The number of carbonyl (C=O) groups excluding carboxylic acids is 1. The van der Waals surface area contributed by atoms with Crippen molar-refractivity contribution in [2.45, 2.75) is 18.4 Å². The maximum Gasteiger partial charge on any atom is 0.310 e. The molecule has 3 atom stereocenters. The molecular weight excluding hydrogens is 492 g/mol. The van der Waals surface area contributed by atoms with Crippen LogP contribution in [0, 0.1) is 5.92 Å². The van der Waals surface area contributed by atoms with Crippen molar-refractivity contribution >= 4 is 5.97 Å². The lowest BCUT2D eigenvalue weighted by Crippen LogP contribution is -2.26. The monoisotopic (exact) mass is 522 g/mol. The third-order valence-corrected chi connectivity index (χ3v) is 7.46. The van der Waals surface area contributed by atoms with Crippen molar-refractivity contribution in [3.8, 4) is 17.2 Å². The van der Waals surface area contributed by atoms with Gasteiger partial charge in [0, 0.05) is 17.4 Å². The molecular formula is C33H30O6. The van der Waals surface area contributed by atoms with E-state index in [0.717, 1.165) is 33.6 Å². The van der Waals surface area contributed by atoms with Gasteiger partial charge in [0.1, 0.15) is 12.4 Å². The van der Waals surface area contributed by atoms with Gasteiger partial charge in [-0.15, -0.1) is 0 Å². The number of para-hydroxylation sites is 1.